The van der Waals surface area contributed by atoms with E-state index < -0.39 is 0 Å². The van der Waals surface area contributed by atoms with Gasteiger partial charge in [-0.05, 0) is 36.9 Å². The van der Waals surface area contributed by atoms with Crippen molar-refractivity contribution in [2.75, 3.05) is 23.4 Å². The molecule has 14 heavy (non-hydrogen) atoms. The third kappa shape index (κ3) is 2.67. The first-order valence-corrected chi connectivity index (χ1v) is 7.88. The molecule has 2 rings (SSSR count). The molecule has 0 amide bonds. The molecule has 1 saturated carbocycles. The monoisotopic (exact) mass is 278 g/mol. The molecule has 0 spiro atoms. The van der Waals surface area contributed by atoms with Crippen LogP contribution in [0.1, 0.15) is 32.1 Å². The Morgan fingerprint density at radius 1 is 1.36 bits per heavy atom. The van der Waals surface area contributed by atoms with Gasteiger partial charge in [-0.3, -0.25) is 0 Å². The van der Waals surface area contributed by atoms with Crippen LogP contribution < -0.4 is 0 Å². The number of alkyl halides is 1. The summed E-state index contributed by atoms with van der Waals surface area (Å²) in [6, 6.07) is 0. The maximum atomic E-state index is 5.62. The fraction of sp³-hybridized carbons (Fsp3) is 1.00. The molecule has 0 N–H and O–H groups in total. The van der Waals surface area contributed by atoms with Gasteiger partial charge in [-0.2, -0.15) is 11.8 Å². The van der Waals surface area contributed by atoms with Crippen molar-refractivity contribution in [3.05, 3.63) is 0 Å². The lowest BCUT2D eigenvalue weighted by atomic mass is 9.72. The van der Waals surface area contributed by atoms with E-state index in [2.05, 4.69) is 27.7 Å². The molecule has 0 radical (unpaired) electrons. The van der Waals surface area contributed by atoms with Gasteiger partial charge in [0.15, 0.2) is 0 Å². The second-order valence-corrected chi connectivity index (χ2v) is 6.23. The van der Waals surface area contributed by atoms with Crippen molar-refractivity contribution in [3.8, 4) is 0 Å². The first kappa shape index (κ1) is 11.3. The summed E-state index contributed by atoms with van der Waals surface area (Å²) in [5.74, 6) is 2.55. The summed E-state index contributed by atoms with van der Waals surface area (Å²) in [5, 5.41) is 1.19. The molecule has 1 heterocycles. The fourth-order valence-corrected chi connectivity index (χ4v) is 4.66. The first-order valence-electron chi connectivity index (χ1n) is 5.60. The highest BCUT2D eigenvalue weighted by Gasteiger charge is 2.35. The molecule has 2 fully saturated rings. The molecular weight excluding hydrogens is 260 g/mol. The standard InChI is InChI=1S/C11H19BrOS/c12-8-11(4-2-5-11)9-14-7-10-3-1-6-13-10/h10H,1-9H2. The van der Waals surface area contributed by atoms with E-state index in [0.29, 0.717) is 11.5 Å². The highest BCUT2D eigenvalue weighted by Crippen LogP contribution is 2.44. The van der Waals surface area contributed by atoms with Gasteiger partial charge in [0.1, 0.15) is 0 Å². The van der Waals surface area contributed by atoms with Crippen molar-refractivity contribution in [2.45, 2.75) is 38.2 Å². The van der Waals surface area contributed by atoms with E-state index in [4.69, 9.17) is 4.74 Å². The largest absolute Gasteiger partial charge is 0.377 e. The summed E-state index contributed by atoms with van der Waals surface area (Å²) >= 11 is 5.76. The SMILES string of the molecule is BrCC1(CSCC2CCCO2)CCC1. The number of halogens is 1. The summed E-state index contributed by atoms with van der Waals surface area (Å²) in [7, 11) is 0. The van der Waals surface area contributed by atoms with Gasteiger partial charge in [0.25, 0.3) is 0 Å². The number of ether oxygens (including phenoxy) is 1. The van der Waals surface area contributed by atoms with Crippen molar-refractivity contribution in [2.24, 2.45) is 5.41 Å². The van der Waals surface area contributed by atoms with Crippen LogP contribution in [0.2, 0.25) is 0 Å². The van der Waals surface area contributed by atoms with E-state index in [9.17, 15) is 0 Å². The summed E-state index contributed by atoms with van der Waals surface area (Å²) in [6.07, 6.45) is 7.41. The zero-order valence-corrected chi connectivity index (χ0v) is 11.0. The Bertz CT molecular complexity index is 171. The molecule has 0 aromatic rings. The normalized spacial score (nSPS) is 30.2. The Hall–Kier alpha value is 0.790. The maximum Gasteiger partial charge on any atom is 0.0666 e. The van der Waals surface area contributed by atoms with E-state index in [1.54, 1.807) is 0 Å². The van der Waals surface area contributed by atoms with Crippen molar-refractivity contribution in [1.29, 1.82) is 0 Å². The molecule has 3 heteroatoms. The minimum absolute atomic E-state index is 0.562. The van der Waals surface area contributed by atoms with E-state index in [-0.39, 0.29) is 0 Å². The van der Waals surface area contributed by atoms with Gasteiger partial charge in [-0.1, -0.05) is 22.4 Å². The predicted octanol–water partition coefficient (Wildman–Crippen LogP) is 3.46. The molecule has 1 nitrogen and oxygen atoms in total. The second-order valence-electron chi connectivity index (χ2n) is 4.64. The van der Waals surface area contributed by atoms with Crippen molar-refractivity contribution in [3.63, 3.8) is 0 Å². The molecule has 1 unspecified atom stereocenters. The molecule has 0 aromatic heterocycles. The molecule has 1 saturated heterocycles. The summed E-state index contributed by atoms with van der Waals surface area (Å²) < 4.78 is 5.62. The predicted molar refractivity (Wildman–Crippen MR) is 66.4 cm³/mol. The first-order chi connectivity index (χ1) is 6.85. The Kier molecular flexibility index (Phi) is 4.21. The Labute approximate surface area is 99.5 Å². The molecule has 0 aromatic carbocycles. The zero-order chi connectivity index (χ0) is 9.86. The highest BCUT2D eigenvalue weighted by molar-refractivity contribution is 9.09. The summed E-state index contributed by atoms with van der Waals surface area (Å²) in [5.41, 5.74) is 0.642. The lowest BCUT2D eigenvalue weighted by Gasteiger charge is -2.40. The third-order valence-electron chi connectivity index (χ3n) is 3.43. The molecule has 1 aliphatic carbocycles. The van der Waals surface area contributed by atoms with Crippen LogP contribution in [0.5, 0.6) is 0 Å². The van der Waals surface area contributed by atoms with Crippen LogP contribution >= 0.6 is 27.7 Å². The van der Waals surface area contributed by atoms with Gasteiger partial charge in [0.05, 0.1) is 6.10 Å². The quantitative estimate of drug-likeness (QED) is 0.713. The van der Waals surface area contributed by atoms with Gasteiger partial charge in [0, 0.05) is 17.7 Å². The molecule has 2 aliphatic rings. The van der Waals surface area contributed by atoms with Crippen LogP contribution in [-0.2, 0) is 4.74 Å². The third-order valence-corrected chi connectivity index (χ3v) is 6.05. The summed E-state index contributed by atoms with van der Waals surface area (Å²) in [4.78, 5) is 0. The van der Waals surface area contributed by atoms with Crippen LogP contribution in [0.25, 0.3) is 0 Å². The number of rotatable bonds is 5. The number of hydrogen-bond donors (Lipinski definition) is 0. The lowest BCUT2D eigenvalue weighted by Crippen LogP contribution is -2.34. The molecule has 0 bridgehead atoms. The molecule has 1 atom stereocenters. The van der Waals surface area contributed by atoms with Crippen LogP contribution in [0.15, 0.2) is 0 Å². The molecule has 1 aliphatic heterocycles. The van der Waals surface area contributed by atoms with Crippen LogP contribution in [-0.4, -0.2) is 29.5 Å². The molecule has 82 valence electrons. The Balaban J connectivity index is 1.61. The molecular formula is C11H19BrOS. The van der Waals surface area contributed by atoms with Gasteiger partial charge in [-0.15, -0.1) is 0 Å². The van der Waals surface area contributed by atoms with Gasteiger partial charge in [-0.25, -0.2) is 0 Å². The van der Waals surface area contributed by atoms with Crippen LogP contribution in [0.3, 0.4) is 0 Å². The number of thioether (sulfide) groups is 1. The van der Waals surface area contributed by atoms with Crippen molar-refractivity contribution < 1.29 is 4.74 Å². The Morgan fingerprint density at radius 2 is 2.21 bits per heavy atom. The van der Waals surface area contributed by atoms with Crippen molar-refractivity contribution in [1.82, 2.24) is 0 Å². The number of hydrogen-bond acceptors (Lipinski definition) is 2. The Morgan fingerprint density at radius 3 is 2.71 bits per heavy atom. The second kappa shape index (κ2) is 5.22. The summed E-state index contributed by atoms with van der Waals surface area (Å²) in [6.45, 7) is 0.995. The average Bonchev–Trinajstić information content (AvgIpc) is 2.62. The van der Waals surface area contributed by atoms with E-state index >= 15 is 0 Å². The minimum atomic E-state index is 0.562. The van der Waals surface area contributed by atoms with Gasteiger partial charge >= 0.3 is 0 Å². The van der Waals surface area contributed by atoms with Gasteiger partial charge in [0.2, 0.25) is 0 Å². The van der Waals surface area contributed by atoms with E-state index in [1.165, 1.54) is 48.9 Å². The van der Waals surface area contributed by atoms with E-state index in [0.717, 1.165) is 6.61 Å². The van der Waals surface area contributed by atoms with E-state index in [1.807, 2.05) is 0 Å². The fourth-order valence-electron chi connectivity index (χ4n) is 2.18. The average molecular weight is 279 g/mol. The lowest BCUT2D eigenvalue weighted by molar-refractivity contribution is 0.128. The zero-order valence-electron chi connectivity index (χ0n) is 8.64. The van der Waals surface area contributed by atoms with Gasteiger partial charge < -0.3 is 4.74 Å². The van der Waals surface area contributed by atoms with Crippen molar-refractivity contribution >= 4 is 27.7 Å². The smallest absolute Gasteiger partial charge is 0.0666 e. The minimum Gasteiger partial charge on any atom is -0.377 e. The van der Waals surface area contributed by atoms with Crippen LogP contribution in [0, 0.1) is 5.41 Å². The maximum absolute atomic E-state index is 5.62. The highest BCUT2D eigenvalue weighted by atomic mass is 79.9. The topological polar surface area (TPSA) is 9.23 Å². The van der Waals surface area contributed by atoms with Crippen LogP contribution in [0.4, 0.5) is 0 Å².